The fraction of sp³-hybridized carbons (Fsp3) is 0.500. The van der Waals surface area contributed by atoms with Crippen LogP contribution < -0.4 is 5.73 Å². The summed E-state index contributed by atoms with van der Waals surface area (Å²) >= 11 is 6.73. The Morgan fingerprint density at radius 3 is 2.68 bits per heavy atom. The lowest BCUT2D eigenvalue weighted by molar-refractivity contribution is 0.247. The van der Waals surface area contributed by atoms with Crippen molar-refractivity contribution < 1.29 is 4.39 Å². The molecule has 0 fully saturated rings. The molecule has 1 rings (SSSR count). The molecule has 0 aliphatic heterocycles. The maximum Gasteiger partial charge on any atom is 0.124 e. The molecule has 106 valence electrons. The van der Waals surface area contributed by atoms with E-state index in [9.17, 15) is 4.39 Å². The van der Waals surface area contributed by atoms with Crippen LogP contribution in [0, 0.1) is 5.82 Å². The van der Waals surface area contributed by atoms with Gasteiger partial charge in [0.2, 0.25) is 0 Å². The quantitative estimate of drug-likeness (QED) is 0.784. The van der Waals surface area contributed by atoms with Crippen LogP contribution in [0.4, 0.5) is 4.39 Å². The van der Waals surface area contributed by atoms with Gasteiger partial charge >= 0.3 is 0 Å². The summed E-state index contributed by atoms with van der Waals surface area (Å²) in [4.78, 5) is 2.48. The average molecular weight is 300 g/mol. The lowest BCUT2D eigenvalue weighted by Crippen LogP contribution is -2.32. The zero-order valence-electron chi connectivity index (χ0n) is 11.6. The number of thiocarbonyl (C=S) groups is 1. The molecular formula is C14H21FN2S2. The molecule has 19 heavy (non-hydrogen) atoms. The predicted octanol–water partition coefficient (Wildman–Crippen LogP) is 3.03. The Bertz CT molecular complexity index is 437. The van der Waals surface area contributed by atoms with E-state index in [0.717, 1.165) is 17.7 Å². The molecule has 0 saturated carbocycles. The molecule has 1 aromatic carbocycles. The Hall–Kier alpha value is -0.650. The number of benzene rings is 1. The zero-order valence-corrected chi connectivity index (χ0v) is 13.3. The van der Waals surface area contributed by atoms with Crippen LogP contribution in [0.3, 0.4) is 0 Å². The fourth-order valence-corrected chi connectivity index (χ4v) is 3.04. The molecule has 0 spiro atoms. The van der Waals surface area contributed by atoms with Gasteiger partial charge < -0.3 is 5.73 Å². The standard InChI is InChI=1S/C14H21FN2S2/c1-4-13(9-19-3)17(2)8-10-5-11(14(16)18)7-12(15)6-10/h5-7,13H,4,8-9H2,1-3H3,(H2,16,18). The summed E-state index contributed by atoms with van der Waals surface area (Å²) in [6, 6.07) is 5.29. The van der Waals surface area contributed by atoms with Gasteiger partial charge in [-0.3, -0.25) is 4.90 Å². The first-order chi connectivity index (χ1) is 8.97. The minimum absolute atomic E-state index is 0.236. The third-order valence-corrected chi connectivity index (χ3v) is 4.08. The van der Waals surface area contributed by atoms with Crippen LogP contribution in [-0.2, 0) is 6.54 Å². The molecule has 0 bridgehead atoms. The van der Waals surface area contributed by atoms with E-state index in [0.29, 0.717) is 18.2 Å². The van der Waals surface area contributed by atoms with Crippen molar-refractivity contribution in [1.29, 1.82) is 0 Å². The van der Waals surface area contributed by atoms with Gasteiger partial charge in [0.25, 0.3) is 0 Å². The fourth-order valence-electron chi connectivity index (χ4n) is 2.05. The third kappa shape index (κ3) is 5.09. The minimum atomic E-state index is -0.286. The summed E-state index contributed by atoms with van der Waals surface area (Å²) in [7, 11) is 2.07. The molecule has 0 saturated heterocycles. The number of hydrogen-bond acceptors (Lipinski definition) is 3. The highest BCUT2D eigenvalue weighted by Gasteiger charge is 2.13. The van der Waals surface area contributed by atoms with Crippen molar-refractivity contribution in [2.45, 2.75) is 25.9 Å². The second kappa shape index (κ2) is 7.82. The van der Waals surface area contributed by atoms with Crippen LogP contribution in [0.15, 0.2) is 18.2 Å². The average Bonchev–Trinajstić information content (AvgIpc) is 2.34. The summed E-state index contributed by atoms with van der Waals surface area (Å²) in [5.74, 6) is 0.788. The van der Waals surface area contributed by atoms with Crippen molar-refractivity contribution in [3.05, 3.63) is 35.1 Å². The van der Waals surface area contributed by atoms with E-state index < -0.39 is 0 Å². The first-order valence-corrected chi connectivity index (χ1v) is 8.06. The molecule has 2 N–H and O–H groups in total. The number of nitrogens with zero attached hydrogens (tertiary/aromatic N) is 1. The summed E-state index contributed by atoms with van der Waals surface area (Å²) in [5.41, 5.74) is 7.06. The number of rotatable bonds is 7. The Balaban J connectivity index is 2.83. The number of nitrogens with two attached hydrogens (primary N) is 1. The van der Waals surface area contributed by atoms with Crippen LogP contribution in [0.5, 0.6) is 0 Å². The predicted molar refractivity (Wildman–Crippen MR) is 86.2 cm³/mol. The molecule has 2 nitrogen and oxygen atoms in total. The van der Waals surface area contributed by atoms with Gasteiger partial charge in [-0.05, 0) is 43.5 Å². The van der Waals surface area contributed by atoms with E-state index in [2.05, 4.69) is 25.1 Å². The monoisotopic (exact) mass is 300 g/mol. The molecule has 0 amide bonds. The lowest BCUT2D eigenvalue weighted by atomic mass is 10.1. The van der Waals surface area contributed by atoms with Crippen LogP contribution in [0.25, 0.3) is 0 Å². The van der Waals surface area contributed by atoms with Crippen molar-refractivity contribution in [3.63, 3.8) is 0 Å². The topological polar surface area (TPSA) is 29.3 Å². The molecule has 0 aromatic heterocycles. The van der Waals surface area contributed by atoms with Crippen molar-refractivity contribution in [3.8, 4) is 0 Å². The second-order valence-electron chi connectivity index (χ2n) is 4.64. The SMILES string of the molecule is CCC(CSC)N(C)Cc1cc(F)cc(C(N)=S)c1. The van der Waals surface area contributed by atoms with Gasteiger partial charge in [-0.2, -0.15) is 11.8 Å². The second-order valence-corrected chi connectivity index (χ2v) is 6.00. The van der Waals surface area contributed by atoms with E-state index in [1.54, 1.807) is 6.07 Å². The van der Waals surface area contributed by atoms with Gasteiger partial charge in [-0.1, -0.05) is 19.1 Å². The highest BCUT2D eigenvalue weighted by molar-refractivity contribution is 7.98. The number of halogens is 1. The Labute approximate surface area is 124 Å². The molecule has 5 heteroatoms. The van der Waals surface area contributed by atoms with Crippen molar-refractivity contribution in [2.24, 2.45) is 5.73 Å². The Morgan fingerprint density at radius 2 is 2.16 bits per heavy atom. The largest absolute Gasteiger partial charge is 0.389 e. The first kappa shape index (κ1) is 16.4. The molecule has 0 radical (unpaired) electrons. The van der Waals surface area contributed by atoms with Gasteiger partial charge in [0, 0.05) is 23.9 Å². The lowest BCUT2D eigenvalue weighted by Gasteiger charge is -2.26. The molecule has 0 heterocycles. The van der Waals surface area contributed by atoms with Crippen LogP contribution in [0.1, 0.15) is 24.5 Å². The van der Waals surface area contributed by atoms with Crippen LogP contribution in [-0.4, -0.2) is 35.0 Å². The maximum absolute atomic E-state index is 13.5. The summed E-state index contributed by atoms with van der Waals surface area (Å²) in [6.45, 7) is 2.87. The van der Waals surface area contributed by atoms with Gasteiger partial charge in [0.1, 0.15) is 10.8 Å². The number of hydrogen-bond donors (Lipinski definition) is 1. The third-order valence-electron chi connectivity index (χ3n) is 3.13. The van der Waals surface area contributed by atoms with Gasteiger partial charge in [0.15, 0.2) is 0 Å². The van der Waals surface area contributed by atoms with Crippen LogP contribution in [0.2, 0.25) is 0 Å². The van der Waals surface area contributed by atoms with E-state index in [4.69, 9.17) is 18.0 Å². The van der Waals surface area contributed by atoms with E-state index in [1.165, 1.54) is 6.07 Å². The summed E-state index contributed by atoms with van der Waals surface area (Å²) in [5, 5.41) is 0. The van der Waals surface area contributed by atoms with Gasteiger partial charge in [-0.25, -0.2) is 4.39 Å². The highest BCUT2D eigenvalue weighted by Crippen LogP contribution is 2.15. The molecule has 1 atom stereocenters. The van der Waals surface area contributed by atoms with E-state index in [-0.39, 0.29) is 10.8 Å². The molecule has 0 aliphatic carbocycles. The van der Waals surface area contributed by atoms with E-state index >= 15 is 0 Å². The maximum atomic E-state index is 13.5. The number of thioether (sulfide) groups is 1. The zero-order chi connectivity index (χ0) is 14.4. The first-order valence-electron chi connectivity index (χ1n) is 6.26. The van der Waals surface area contributed by atoms with Crippen molar-refractivity contribution in [2.75, 3.05) is 19.1 Å². The van der Waals surface area contributed by atoms with Crippen molar-refractivity contribution >= 4 is 29.0 Å². The smallest absolute Gasteiger partial charge is 0.124 e. The highest BCUT2D eigenvalue weighted by atomic mass is 32.2. The summed E-state index contributed by atoms with van der Waals surface area (Å²) < 4.78 is 13.5. The minimum Gasteiger partial charge on any atom is -0.389 e. The molecule has 1 unspecified atom stereocenters. The van der Waals surface area contributed by atoms with E-state index in [1.807, 2.05) is 17.8 Å². The van der Waals surface area contributed by atoms with Crippen molar-refractivity contribution in [1.82, 2.24) is 4.90 Å². The molecule has 0 aliphatic rings. The molecule has 1 aromatic rings. The Kier molecular flexibility index (Phi) is 6.75. The normalized spacial score (nSPS) is 12.7. The Morgan fingerprint density at radius 1 is 1.47 bits per heavy atom. The van der Waals surface area contributed by atoms with Gasteiger partial charge in [0.05, 0.1) is 0 Å². The van der Waals surface area contributed by atoms with Crippen LogP contribution >= 0.6 is 24.0 Å². The summed E-state index contributed by atoms with van der Waals surface area (Å²) in [6.07, 6.45) is 3.18. The molecular weight excluding hydrogens is 279 g/mol. The van der Waals surface area contributed by atoms with Gasteiger partial charge in [-0.15, -0.1) is 0 Å².